The van der Waals surface area contributed by atoms with E-state index in [0.717, 1.165) is 0 Å². The number of ether oxygens (including phenoxy) is 3. The molecule has 1 saturated heterocycles. The molecule has 106 valence electrons. The Morgan fingerprint density at radius 1 is 1.53 bits per heavy atom. The summed E-state index contributed by atoms with van der Waals surface area (Å²) >= 11 is 0. The van der Waals surface area contributed by atoms with Crippen molar-refractivity contribution in [1.29, 1.82) is 0 Å². The molecule has 0 aromatic rings. The quantitative estimate of drug-likeness (QED) is 0.543. The third-order valence-electron chi connectivity index (χ3n) is 3.30. The minimum atomic E-state index is -0.648. The Bertz CT molecular complexity index is 399. The smallest absolute Gasteiger partial charge is 0.407 e. The standard InChI is InChI=1S/C11H16N2O6/c1-3-18-10(15)13-7-5(9(14)17-2)4-6-8(7)19-11(16)12-6/h5-8H,3-4H2,1-2H3,(H,12,16)(H,13,15). The van der Waals surface area contributed by atoms with Gasteiger partial charge in [0.15, 0.2) is 0 Å². The third-order valence-corrected chi connectivity index (χ3v) is 3.30. The van der Waals surface area contributed by atoms with Crippen LogP contribution < -0.4 is 10.6 Å². The first kappa shape index (κ1) is 13.4. The fraction of sp³-hybridized carbons (Fsp3) is 0.727. The molecule has 0 aromatic heterocycles. The maximum absolute atomic E-state index is 11.7. The van der Waals surface area contributed by atoms with Gasteiger partial charge >= 0.3 is 18.2 Å². The van der Waals surface area contributed by atoms with E-state index in [9.17, 15) is 14.4 Å². The average Bonchev–Trinajstić information content (AvgIpc) is 2.87. The van der Waals surface area contributed by atoms with E-state index in [-0.39, 0.29) is 12.6 Å². The van der Waals surface area contributed by atoms with E-state index in [0.29, 0.717) is 6.42 Å². The Labute approximate surface area is 109 Å². The van der Waals surface area contributed by atoms with E-state index >= 15 is 0 Å². The van der Waals surface area contributed by atoms with Gasteiger partial charge in [-0.3, -0.25) is 4.79 Å². The van der Waals surface area contributed by atoms with Crippen molar-refractivity contribution in [3.63, 3.8) is 0 Å². The molecule has 2 rings (SSSR count). The molecule has 2 aliphatic rings. The maximum atomic E-state index is 11.7. The lowest BCUT2D eigenvalue weighted by molar-refractivity contribution is -0.146. The number of amides is 2. The summed E-state index contributed by atoms with van der Waals surface area (Å²) in [4.78, 5) is 34.3. The van der Waals surface area contributed by atoms with Gasteiger partial charge in [-0.2, -0.15) is 0 Å². The highest BCUT2D eigenvalue weighted by molar-refractivity contribution is 5.78. The summed E-state index contributed by atoms with van der Waals surface area (Å²) in [6, 6.07) is -0.945. The van der Waals surface area contributed by atoms with Gasteiger partial charge in [-0.1, -0.05) is 0 Å². The highest BCUT2D eigenvalue weighted by Gasteiger charge is 2.54. The molecular formula is C11H16N2O6. The average molecular weight is 272 g/mol. The molecule has 8 heteroatoms. The van der Waals surface area contributed by atoms with Crippen LogP contribution in [0.2, 0.25) is 0 Å². The predicted octanol–water partition coefficient (Wildman–Crippen LogP) is -0.229. The number of carbonyl (C=O) groups excluding carboxylic acids is 3. The lowest BCUT2D eigenvalue weighted by Gasteiger charge is -2.22. The monoisotopic (exact) mass is 272 g/mol. The summed E-state index contributed by atoms with van der Waals surface area (Å²) < 4.78 is 14.6. The van der Waals surface area contributed by atoms with Crippen LogP contribution in [-0.2, 0) is 19.0 Å². The molecule has 0 spiro atoms. The lowest BCUT2D eigenvalue weighted by Crippen LogP contribution is -2.48. The van der Waals surface area contributed by atoms with Gasteiger partial charge in [0.25, 0.3) is 0 Å². The second-order valence-electron chi connectivity index (χ2n) is 4.38. The second kappa shape index (κ2) is 5.33. The molecule has 0 radical (unpaired) electrons. The molecule has 4 unspecified atom stereocenters. The number of esters is 1. The number of methoxy groups -OCH3 is 1. The summed E-state index contributed by atoms with van der Waals surface area (Å²) in [7, 11) is 1.28. The lowest BCUT2D eigenvalue weighted by atomic mass is 10.0. The zero-order valence-corrected chi connectivity index (χ0v) is 10.7. The highest BCUT2D eigenvalue weighted by atomic mass is 16.6. The summed E-state index contributed by atoms with van der Waals surface area (Å²) in [6.07, 6.45) is -1.42. The number of rotatable bonds is 3. The number of hydrogen-bond acceptors (Lipinski definition) is 6. The van der Waals surface area contributed by atoms with Crippen molar-refractivity contribution in [2.24, 2.45) is 5.92 Å². The van der Waals surface area contributed by atoms with Crippen LogP contribution >= 0.6 is 0 Å². The molecule has 2 amide bonds. The van der Waals surface area contributed by atoms with Crippen molar-refractivity contribution in [1.82, 2.24) is 10.6 Å². The van der Waals surface area contributed by atoms with Crippen LogP contribution in [0.4, 0.5) is 9.59 Å². The Balaban J connectivity index is 2.10. The number of alkyl carbamates (subject to hydrolysis) is 2. The van der Waals surface area contributed by atoms with Crippen molar-refractivity contribution in [3.05, 3.63) is 0 Å². The Hall–Kier alpha value is -1.99. The Morgan fingerprint density at radius 3 is 2.89 bits per heavy atom. The SMILES string of the molecule is CCOC(=O)NC1C(C(=O)OC)CC2NC(=O)OC21. The largest absolute Gasteiger partial charge is 0.469 e. The van der Waals surface area contributed by atoms with Crippen molar-refractivity contribution in [2.75, 3.05) is 13.7 Å². The van der Waals surface area contributed by atoms with Gasteiger partial charge in [-0.05, 0) is 13.3 Å². The first-order valence-corrected chi connectivity index (χ1v) is 6.05. The van der Waals surface area contributed by atoms with Gasteiger partial charge in [0, 0.05) is 0 Å². The minimum absolute atomic E-state index is 0.216. The number of carbonyl (C=O) groups is 3. The van der Waals surface area contributed by atoms with Crippen molar-refractivity contribution in [3.8, 4) is 0 Å². The van der Waals surface area contributed by atoms with E-state index in [1.165, 1.54) is 7.11 Å². The zero-order valence-electron chi connectivity index (χ0n) is 10.7. The fourth-order valence-corrected chi connectivity index (χ4v) is 2.52. The summed E-state index contributed by atoms with van der Waals surface area (Å²) in [5.74, 6) is -1.01. The molecule has 1 heterocycles. The van der Waals surface area contributed by atoms with E-state index < -0.39 is 36.2 Å². The molecule has 1 aliphatic heterocycles. The van der Waals surface area contributed by atoms with E-state index in [1.807, 2.05) is 0 Å². The van der Waals surface area contributed by atoms with Crippen LogP contribution in [0.3, 0.4) is 0 Å². The fourth-order valence-electron chi connectivity index (χ4n) is 2.52. The molecule has 4 atom stereocenters. The third kappa shape index (κ3) is 2.56. The van der Waals surface area contributed by atoms with Gasteiger partial charge in [0.05, 0.1) is 31.7 Å². The molecule has 2 N–H and O–H groups in total. The number of hydrogen-bond donors (Lipinski definition) is 2. The van der Waals surface area contributed by atoms with Gasteiger partial charge in [0.1, 0.15) is 6.10 Å². The van der Waals surface area contributed by atoms with Crippen molar-refractivity contribution < 1.29 is 28.6 Å². The van der Waals surface area contributed by atoms with Crippen LogP contribution in [0.1, 0.15) is 13.3 Å². The van der Waals surface area contributed by atoms with Crippen LogP contribution in [0, 0.1) is 5.92 Å². The van der Waals surface area contributed by atoms with Gasteiger partial charge in [-0.25, -0.2) is 9.59 Å². The van der Waals surface area contributed by atoms with Crippen LogP contribution in [0.15, 0.2) is 0 Å². The molecule has 0 aromatic carbocycles. The number of nitrogens with one attached hydrogen (secondary N) is 2. The summed E-state index contributed by atoms with van der Waals surface area (Å²) in [5.41, 5.74) is 0. The molecule has 8 nitrogen and oxygen atoms in total. The van der Waals surface area contributed by atoms with Crippen LogP contribution in [0.25, 0.3) is 0 Å². The molecule has 0 bridgehead atoms. The first-order chi connectivity index (χ1) is 9.06. The van der Waals surface area contributed by atoms with E-state index in [2.05, 4.69) is 10.6 Å². The van der Waals surface area contributed by atoms with E-state index in [1.54, 1.807) is 6.92 Å². The Kier molecular flexibility index (Phi) is 3.77. The van der Waals surface area contributed by atoms with Crippen molar-refractivity contribution >= 4 is 18.2 Å². The van der Waals surface area contributed by atoms with Crippen molar-refractivity contribution in [2.45, 2.75) is 31.5 Å². The van der Waals surface area contributed by atoms with Gasteiger partial charge < -0.3 is 24.8 Å². The van der Waals surface area contributed by atoms with Gasteiger partial charge in [-0.15, -0.1) is 0 Å². The Morgan fingerprint density at radius 2 is 2.26 bits per heavy atom. The van der Waals surface area contributed by atoms with Crippen LogP contribution in [-0.4, -0.2) is 50.1 Å². The number of fused-ring (bicyclic) bond motifs is 1. The molecular weight excluding hydrogens is 256 g/mol. The summed E-state index contributed by atoms with van der Waals surface area (Å²) in [5, 5.41) is 5.16. The molecule has 19 heavy (non-hydrogen) atoms. The molecule has 1 aliphatic carbocycles. The van der Waals surface area contributed by atoms with E-state index in [4.69, 9.17) is 14.2 Å². The summed E-state index contributed by atoms with van der Waals surface area (Å²) in [6.45, 7) is 1.89. The van der Waals surface area contributed by atoms with Crippen LogP contribution in [0.5, 0.6) is 0 Å². The maximum Gasteiger partial charge on any atom is 0.407 e. The minimum Gasteiger partial charge on any atom is -0.469 e. The zero-order chi connectivity index (χ0) is 14.0. The highest BCUT2D eigenvalue weighted by Crippen LogP contribution is 2.33. The predicted molar refractivity (Wildman–Crippen MR) is 61.3 cm³/mol. The molecule has 1 saturated carbocycles. The normalized spacial score (nSPS) is 32.0. The topological polar surface area (TPSA) is 103 Å². The van der Waals surface area contributed by atoms with Gasteiger partial charge in [0.2, 0.25) is 0 Å². The second-order valence-corrected chi connectivity index (χ2v) is 4.38. The first-order valence-electron chi connectivity index (χ1n) is 6.05. The molecule has 2 fully saturated rings.